The zero-order valence-corrected chi connectivity index (χ0v) is 6.60. The molecule has 0 saturated heterocycles. The van der Waals surface area contributed by atoms with Crippen LogP contribution in [-0.2, 0) is 4.79 Å². The fraction of sp³-hybridized carbons (Fsp3) is 0. The molecule has 60 valence electrons. The molecule has 0 radical (unpaired) electrons. The molecule has 0 unspecified atom stereocenters. The monoisotopic (exact) mass is 183 g/mol. The van der Waals surface area contributed by atoms with Gasteiger partial charge in [0.2, 0.25) is 0 Å². The van der Waals surface area contributed by atoms with Gasteiger partial charge >= 0.3 is 0 Å². The maximum atomic E-state index is 12.9. The molecule has 2 nitrogen and oxygen atoms in total. The molecule has 0 fully saturated rings. The molecular formula is C8H3ClFNO. The fourth-order valence-electron chi connectivity index (χ4n) is 0.622. The van der Waals surface area contributed by atoms with Gasteiger partial charge in [0.15, 0.2) is 17.3 Å². The van der Waals surface area contributed by atoms with Crippen molar-refractivity contribution in [2.24, 2.45) is 0 Å². The van der Waals surface area contributed by atoms with Crippen LogP contribution in [-0.4, -0.2) is 11.3 Å². The predicted octanol–water partition coefficient (Wildman–Crippen LogP) is 1.42. The van der Waals surface area contributed by atoms with Gasteiger partial charge in [0.25, 0.3) is 0 Å². The van der Waals surface area contributed by atoms with Gasteiger partial charge in [-0.25, -0.2) is 9.37 Å². The minimum atomic E-state index is -0.700. The summed E-state index contributed by atoms with van der Waals surface area (Å²) >= 11 is 5.35. The Hall–Kier alpha value is -1.40. The number of carbonyl (C=O) groups excluding carboxylic acids is 1. The highest BCUT2D eigenvalue weighted by Crippen LogP contribution is 2.13. The highest BCUT2D eigenvalue weighted by Gasteiger charge is 2.03. The summed E-state index contributed by atoms with van der Waals surface area (Å²) in [5.74, 6) is 3.66. The smallest absolute Gasteiger partial charge is 0.193 e. The van der Waals surface area contributed by atoms with Crippen molar-refractivity contribution in [3.05, 3.63) is 28.8 Å². The van der Waals surface area contributed by atoms with Crippen molar-refractivity contribution in [1.29, 1.82) is 0 Å². The van der Waals surface area contributed by atoms with Crippen molar-refractivity contribution >= 4 is 17.9 Å². The third-order valence-corrected chi connectivity index (χ3v) is 1.38. The Bertz CT molecular complexity index is 367. The van der Waals surface area contributed by atoms with Crippen LogP contribution in [0.25, 0.3) is 0 Å². The zero-order valence-electron chi connectivity index (χ0n) is 5.84. The van der Waals surface area contributed by atoms with Gasteiger partial charge in [0, 0.05) is 6.20 Å². The molecule has 0 saturated carbocycles. The molecule has 1 aromatic heterocycles. The van der Waals surface area contributed by atoms with Crippen LogP contribution < -0.4 is 0 Å². The number of halogens is 2. The Kier molecular flexibility index (Phi) is 2.78. The van der Waals surface area contributed by atoms with E-state index < -0.39 is 5.82 Å². The molecule has 0 aliphatic rings. The standard InChI is InChI=1S/C8H3ClFNO/c9-8-7(10)6(2-1-5-12)3-4-11-8/h3-5H. The molecule has 0 aliphatic heterocycles. The molecule has 12 heavy (non-hydrogen) atoms. The highest BCUT2D eigenvalue weighted by atomic mass is 35.5. The van der Waals surface area contributed by atoms with Gasteiger partial charge in [0.05, 0.1) is 5.56 Å². The van der Waals surface area contributed by atoms with E-state index in [2.05, 4.69) is 16.8 Å². The average molecular weight is 184 g/mol. The number of aromatic nitrogens is 1. The van der Waals surface area contributed by atoms with Gasteiger partial charge in [0.1, 0.15) is 0 Å². The Morgan fingerprint density at radius 3 is 3.08 bits per heavy atom. The van der Waals surface area contributed by atoms with Crippen LogP contribution in [0.4, 0.5) is 4.39 Å². The quantitative estimate of drug-likeness (QED) is 0.346. The fourth-order valence-corrected chi connectivity index (χ4v) is 0.780. The Morgan fingerprint density at radius 1 is 1.67 bits per heavy atom. The lowest BCUT2D eigenvalue weighted by atomic mass is 10.2. The molecular weight excluding hydrogens is 181 g/mol. The second kappa shape index (κ2) is 3.84. The Balaban J connectivity index is 3.16. The summed E-state index contributed by atoms with van der Waals surface area (Å²) in [7, 11) is 0. The Morgan fingerprint density at radius 2 is 2.42 bits per heavy atom. The number of pyridine rings is 1. The van der Waals surface area contributed by atoms with Crippen LogP contribution in [0.1, 0.15) is 5.56 Å². The van der Waals surface area contributed by atoms with Gasteiger partial charge in [-0.1, -0.05) is 17.5 Å². The molecule has 0 aromatic carbocycles. The average Bonchev–Trinajstić information content (AvgIpc) is 2.08. The molecule has 4 heteroatoms. The number of hydrogen-bond donors (Lipinski definition) is 0. The summed E-state index contributed by atoms with van der Waals surface area (Å²) in [4.78, 5) is 13.3. The zero-order chi connectivity index (χ0) is 8.97. The third kappa shape index (κ3) is 1.80. The molecule has 0 bridgehead atoms. The minimum absolute atomic E-state index is 0.0714. The number of hydrogen-bond acceptors (Lipinski definition) is 2. The van der Waals surface area contributed by atoms with Gasteiger partial charge in [-0.3, -0.25) is 4.79 Å². The summed E-state index contributed by atoms with van der Waals surface area (Å²) in [5, 5.41) is -0.243. The second-order valence-corrected chi connectivity index (χ2v) is 2.21. The summed E-state index contributed by atoms with van der Waals surface area (Å²) in [6.07, 6.45) is 1.70. The van der Waals surface area contributed by atoms with Crippen molar-refractivity contribution in [2.45, 2.75) is 0 Å². The van der Waals surface area contributed by atoms with Gasteiger partial charge in [-0.05, 0) is 12.0 Å². The van der Waals surface area contributed by atoms with Crippen LogP contribution in [0.5, 0.6) is 0 Å². The number of nitrogens with zero attached hydrogens (tertiary/aromatic N) is 1. The Labute approximate surface area is 73.4 Å². The van der Waals surface area contributed by atoms with E-state index in [1.165, 1.54) is 12.3 Å². The first-order chi connectivity index (χ1) is 5.75. The molecule has 1 aromatic rings. The lowest BCUT2D eigenvalue weighted by Gasteiger charge is -1.93. The first-order valence-electron chi connectivity index (χ1n) is 3.01. The maximum Gasteiger partial charge on any atom is 0.193 e. The number of carbonyl (C=O) groups is 1. The molecule has 1 rings (SSSR count). The lowest BCUT2D eigenvalue weighted by Crippen LogP contribution is -1.87. The summed E-state index contributed by atoms with van der Waals surface area (Å²) in [6.45, 7) is 0. The third-order valence-electron chi connectivity index (χ3n) is 1.11. The maximum absolute atomic E-state index is 12.9. The van der Waals surface area contributed by atoms with Crippen LogP contribution >= 0.6 is 11.6 Å². The molecule has 0 amide bonds. The van der Waals surface area contributed by atoms with Crippen molar-refractivity contribution in [1.82, 2.24) is 4.98 Å². The normalized spacial score (nSPS) is 8.50. The van der Waals surface area contributed by atoms with Crippen molar-refractivity contribution in [2.75, 3.05) is 0 Å². The van der Waals surface area contributed by atoms with E-state index in [1.54, 1.807) is 0 Å². The number of aldehydes is 1. The van der Waals surface area contributed by atoms with E-state index in [0.29, 0.717) is 6.29 Å². The van der Waals surface area contributed by atoms with Gasteiger partial charge in [-0.2, -0.15) is 0 Å². The van der Waals surface area contributed by atoms with E-state index >= 15 is 0 Å². The van der Waals surface area contributed by atoms with Crippen molar-refractivity contribution < 1.29 is 9.18 Å². The minimum Gasteiger partial charge on any atom is -0.289 e. The van der Waals surface area contributed by atoms with Gasteiger partial charge in [-0.15, -0.1) is 0 Å². The van der Waals surface area contributed by atoms with Crippen molar-refractivity contribution in [3.63, 3.8) is 0 Å². The molecule has 0 aliphatic carbocycles. The molecule has 0 atom stereocenters. The first-order valence-corrected chi connectivity index (χ1v) is 3.38. The molecule has 0 N–H and O–H groups in total. The van der Waals surface area contributed by atoms with Crippen molar-refractivity contribution in [3.8, 4) is 11.8 Å². The van der Waals surface area contributed by atoms with Crippen LogP contribution in [0.15, 0.2) is 12.3 Å². The topological polar surface area (TPSA) is 30.0 Å². The second-order valence-electron chi connectivity index (χ2n) is 1.85. The van der Waals surface area contributed by atoms with E-state index in [0.717, 1.165) is 0 Å². The first kappa shape index (κ1) is 8.69. The van der Waals surface area contributed by atoms with E-state index in [9.17, 15) is 9.18 Å². The summed E-state index contributed by atoms with van der Waals surface area (Å²) < 4.78 is 12.9. The lowest BCUT2D eigenvalue weighted by molar-refractivity contribution is -0.103. The predicted molar refractivity (Wildman–Crippen MR) is 42.1 cm³/mol. The SMILES string of the molecule is O=CC#Cc1ccnc(Cl)c1F. The van der Waals surface area contributed by atoms with Crippen LogP contribution in [0.3, 0.4) is 0 Å². The van der Waals surface area contributed by atoms with Crippen LogP contribution in [0.2, 0.25) is 5.15 Å². The number of rotatable bonds is 0. The molecule has 1 heterocycles. The van der Waals surface area contributed by atoms with E-state index in [-0.39, 0.29) is 10.7 Å². The highest BCUT2D eigenvalue weighted by molar-refractivity contribution is 6.29. The van der Waals surface area contributed by atoms with Gasteiger partial charge < -0.3 is 0 Å². The van der Waals surface area contributed by atoms with E-state index in [4.69, 9.17) is 11.6 Å². The van der Waals surface area contributed by atoms with E-state index in [1.807, 2.05) is 0 Å². The van der Waals surface area contributed by atoms with Crippen LogP contribution in [0, 0.1) is 17.7 Å². The largest absolute Gasteiger partial charge is 0.289 e. The summed E-state index contributed by atoms with van der Waals surface area (Å²) in [6, 6.07) is 1.34. The molecule has 0 spiro atoms. The summed E-state index contributed by atoms with van der Waals surface area (Å²) in [5.41, 5.74) is 0.0714.